The van der Waals surface area contributed by atoms with Crippen molar-refractivity contribution in [2.75, 3.05) is 14.1 Å². The highest BCUT2D eigenvalue weighted by atomic mass is 35.5. The highest BCUT2D eigenvalue weighted by Gasteiger charge is 2.23. The molecule has 0 saturated heterocycles. The van der Waals surface area contributed by atoms with Crippen LogP contribution in [-0.4, -0.2) is 37.6 Å². The number of hydrogen-bond acceptors (Lipinski definition) is 5. The molecule has 2 rings (SSSR count). The van der Waals surface area contributed by atoms with Gasteiger partial charge in [0.05, 0.1) is 9.82 Å². The molecule has 1 N–H and O–H groups in total. The number of hydrogen-bond donors (Lipinski definition) is 1. The van der Waals surface area contributed by atoms with E-state index in [0.29, 0.717) is 5.56 Å². The maximum atomic E-state index is 12.4. The first-order valence-electron chi connectivity index (χ1n) is 7.37. The van der Waals surface area contributed by atoms with E-state index in [1.165, 1.54) is 32.3 Å². The molecule has 0 atom stereocenters. The van der Waals surface area contributed by atoms with Gasteiger partial charge in [0.1, 0.15) is 5.56 Å². The Bertz CT molecular complexity index is 960. The van der Waals surface area contributed by atoms with E-state index in [2.05, 4.69) is 5.32 Å². The Morgan fingerprint density at radius 1 is 1.23 bits per heavy atom. The maximum Gasteiger partial charge on any atom is 0.283 e. The molecule has 8 nitrogen and oxygen atoms in total. The zero-order valence-electron chi connectivity index (χ0n) is 14.0. The third kappa shape index (κ3) is 4.18. The number of benzene rings is 2. The summed E-state index contributed by atoms with van der Waals surface area (Å²) in [5, 5.41) is 13.7. The number of nitro benzene ring substituents is 1. The molecule has 0 spiro atoms. The molecule has 2 aromatic carbocycles. The van der Waals surface area contributed by atoms with E-state index >= 15 is 0 Å². The molecule has 26 heavy (non-hydrogen) atoms. The average molecular weight is 398 g/mol. The van der Waals surface area contributed by atoms with Crippen LogP contribution in [0.2, 0.25) is 5.02 Å². The van der Waals surface area contributed by atoms with Gasteiger partial charge in [-0.1, -0.05) is 29.8 Å². The minimum Gasteiger partial charge on any atom is -0.348 e. The van der Waals surface area contributed by atoms with Gasteiger partial charge < -0.3 is 5.32 Å². The van der Waals surface area contributed by atoms with Gasteiger partial charge in [0.25, 0.3) is 11.6 Å². The van der Waals surface area contributed by atoms with Gasteiger partial charge in [0.2, 0.25) is 10.0 Å². The van der Waals surface area contributed by atoms with Crippen molar-refractivity contribution in [2.24, 2.45) is 0 Å². The van der Waals surface area contributed by atoms with Crippen LogP contribution in [0.5, 0.6) is 0 Å². The van der Waals surface area contributed by atoms with Crippen LogP contribution in [0.1, 0.15) is 15.9 Å². The summed E-state index contributed by atoms with van der Waals surface area (Å²) in [6.07, 6.45) is 0. The van der Waals surface area contributed by atoms with E-state index in [4.69, 9.17) is 11.6 Å². The first kappa shape index (κ1) is 19.8. The van der Waals surface area contributed by atoms with Crippen LogP contribution >= 0.6 is 11.6 Å². The van der Waals surface area contributed by atoms with Crippen LogP contribution in [-0.2, 0) is 16.6 Å². The zero-order chi connectivity index (χ0) is 19.5. The van der Waals surface area contributed by atoms with Gasteiger partial charge in [0.15, 0.2) is 0 Å². The van der Waals surface area contributed by atoms with Crippen LogP contribution in [0.25, 0.3) is 0 Å². The fourth-order valence-electron chi connectivity index (χ4n) is 2.22. The summed E-state index contributed by atoms with van der Waals surface area (Å²) in [4.78, 5) is 22.8. The molecule has 138 valence electrons. The average Bonchev–Trinajstić information content (AvgIpc) is 2.59. The lowest BCUT2D eigenvalue weighted by Crippen LogP contribution is -2.27. The Balaban J connectivity index is 2.29. The highest BCUT2D eigenvalue weighted by Crippen LogP contribution is 2.23. The Morgan fingerprint density at radius 3 is 2.50 bits per heavy atom. The lowest BCUT2D eigenvalue weighted by atomic mass is 10.1. The summed E-state index contributed by atoms with van der Waals surface area (Å²) in [6, 6.07) is 9.91. The monoisotopic (exact) mass is 397 g/mol. The highest BCUT2D eigenvalue weighted by molar-refractivity contribution is 7.89. The van der Waals surface area contributed by atoms with Crippen molar-refractivity contribution in [1.82, 2.24) is 9.62 Å². The predicted octanol–water partition coefficient (Wildman–Crippen LogP) is 2.43. The maximum absolute atomic E-state index is 12.4. The summed E-state index contributed by atoms with van der Waals surface area (Å²) < 4.78 is 25.8. The van der Waals surface area contributed by atoms with Crippen molar-refractivity contribution in [3.63, 3.8) is 0 Å². The number of sulfonamides is 1. The van der Waals surface area contributed by atoms with Gasteiger partial charge in [-0.15, -0.1) is 0 Å². The third-order valence-electron chi connectivity index (χ3n) is 3.57. The van der Waals surface area contributed by atoms with E-state index < -0.39 is 26.5 Å². The summed E-state index contributed by atoms with van der Waals surface area (Å²) >= 11 is 5.73. The minimum atomic E-state index is -3.69. The van der Waals surface area contributed by atoms with Gasteiger partial charge in [-0.25, -0.2) is 12.7 Å². The first-order chi connectivity index (χ1) is 12.1. The van der Waals surface area contributed by atoms with E-state index in [0.717, 1.165) is 10.4 Å². The van der Waals surface area contributed by atoms with Gasteiger partial charge >= 0.3 is 0 Å². The van der Waals surface area contributed by atoms with Gasteiger partial charge in [0, 0.05) is 31.7 Å². The molecule has 0 aliphatic heterocycles. The first-order valence-corrected chi connectivity index (χ1v) is 9.19. The number of nitro groups is 1. The fraction of sp³-hybridized carbons (Fsp3) is 0.188. The standard InChI is InChI=1S/C16H16ClN3O5S/c1-19(2)26(24,25)15-6-4-3-5-11(15)10-18-16(21)13-8-7-12(17)9-14(13)20(22)23/h3-9H,10H2,1-2H3,(H,18,21). The largest absolute Gasteiger partial charge is 0.348 e. The van der Waals surface area contributed by atoms with E-state index in [1.54, 1.807) is 18.2 Å². The molecular formula is C16H16ClN3O5S. The summed E-state index contributed by atoms with van der Waals surface area (Å²) in [5.74, 6) is -0.703. The smallest absolute Gasteiger partial charge is 0.283 e. The predicted molar refractivity (Wildman–Crippen MR) is 96.6 cm³/mol. The lowest BCUT2D eigenvalue weighted by molar-refractivity contribution is -0.385. The molecule has 0 aromatic heterocycles. The van der Waals surface area contributed by atoms with Gasteiger partial charge in [-0.3, -0.25) is 14.9 Å². The zero-order valence-corrected chi connectivity index (χ0v) is 15.5. The number of rotatable bonds is 6. The van der Waals surface area contributed by atoms with Crippen molar-refractivity contribution in [2.45, 2.75) is 11.4 Å². The molecule has 0 fully saturated rings. The molecule has 0 saturated carbocycles. The molecule has 0 aliphatic rings. The van der Waals surface area contributed by atoms with Crippen molar-refractivity contribution < 1.29 is 18.1 Å². The molecule has 0 radical (unpaired) electrons. The van der Waals surface area contributed by atoms with Crippen molar-refractivity contribution >= 4 is 33.2 Å². The second kappa shape index (κ2) is 7.81. The second-order valence-electron chi connectivity index (χ2n) is 5.50. The van der Waals surface area contributed by atoms with Gasteiger partial charge in [-0.05, 0) is 23.8 Å². The Morgan fingerprint density at radius 2 is 1.88 bits per heavy atom. The number of carbonyl (C=O) groups excluding carboxylic acids is 1. The number of carbonyl (C=O) groups is 1. The summed E-state index contributed by atoms with van der Waals surface area (Å²) in [6.45, 7) is -0.109. The van der Waals surface area contributed by atoms with E-state index in [1.807, 2.05) is 0 Å². The van der Waals surface area contributed by atoms with Crippen molar-refractivity contribution in [1.29, 1.82) is 0 Å². The topological polar surface area (TPSA) is 110 Å². The molecule has 0 unspecified atom stereocenters. The molecule has 10 heteroatoms. The van der Waals surface area contributed by atoms with E-state index in [9.17, 15) is 23.3 Å². The molecule has 1 amide bonds. The van der Waals surface area contributed by atoms with Crippen LogP contribution < -0.4 is 5.32 Å². The van der Waals surface area contributed by atoms with Crippen molar-refractivity contribution in [3.8, 4) is 0 Å². The van der Waals surface area contributed by atoms with Crippen LogP contribution in [0.4, 0.5) is 5.69 Å². The number of nitrogens with one attached hydrogen (secondary N) is 1. The third-order valence-corrected chi connectivity index (χ3v) is 5.72. The lowest BCUT2D eigenvalue weighted by Gasteiger charge is -2.15. The van der Waals surface area contributed by atoms with Crippen molar-refractivity contribution in [3.05, 3.63) is 68.7 Å². The fourth-order valence-corrected chi connectivity index (χ4v) is 3.50. The molecule has 2 aromatic rings. The SMILES string of the molecule is CN(C)S(=O)(=O)c1ccccc1CNC(=O)c1ccc(Cl)cc1[N+](=O)[O-]. The second-order valence-corrected chi connectivity index (χ2v) is 8.05. The molecule has 0 aliphatic carbocycles. The van der Waals surface area contributed by atoms with Crippen LogP contribution in [0, 0.1) is 10.1 Å². The minimum absolute atomic E-state index is 0.0518. The summed E-state index contributed by atoms with van der Waals surface area (Å²) in [7, 11) is -0.882. The Hall–Kier alpha value is -2.49. The quantitative estimate of drug-likeness (QED) is 0.594. The number of halogens is 1. The van der Waals surface area contributed by atoms with Gasteiger partial charge in [-0.2, -0.15) is 0 Å². The number of amides is 1. The Kier molecular flexibility index (Phi) is 5.96. The molecular weight excluding hydrogens is 382 g/mol. The van der Waals surface area contributed by atoms with Crippen LogP contribution in [0.15, 0.2) is 47.4 Å². The molecule has 0 bridgehead atoms. The van der Waals surface area contributed by atoms with Crippen LogP contribution in [0.3, 0.4) is 0 Å². The normalized spacial score (nSPS) is 11.4. The summed E-state index contributed by atoms with van der Waals surface area (Å²) in [5.41, 5.74) is -0.220. The molecule has 0 heterocycles. The Labute approximate surface area is 155 Å². The number of nitrogens with zero attached hydrogens (tertiary/aromatic N) is 2. The van der Waals surface area contributed by atoms with E-state index in [-0.39, 0.29) is 22.0 Å².